The molecule has 128 valence electrons. The topological polar surface area (TPSA) is 102 Å². The van der Waals surface area contributed by atoms with Gasteiger partial charge in [-0.05, 0) is 17.7 Å². The molecule has 0 aliphatic heterocycles. The molecule has 0 saturated carbocycles. The van der Waals surface area contributed by atoms with E-state index in [1.807, 2.05) is 30.3 Å². The lowest BCUT2D eigenvalue weighted by Gasteiger charge is -2.04. The molecular weight excluding hydrogens is 322 g/mol. The van der Waals surface area contributed by atoms with Gasteiger partial charge in [-0.15, -0.1) is 5.10 Å². The van der Waals surface area contributed by atoms with Gasteiger partial charge in [0.2, 0.25) is 0 Å². The van der Waals surface area contributed by atoms with Crippen LogP contribution in [0.1, 0.15) is 26.6 Å². The predicted octanol–water partition coefficient (Wildman–Crippen LogP) is 1.08. The highest BCUT2D eigenvalue weighted by atomic mass is 16.3. The third-order valence-electron chi connectivity index (χ3n) is 3.40. The van der Waals surface area contributed by atoms with Crippen LogP contribution in [-0.2, 0) is 6.54 Å². The van der Waals surface area contributed by atoms with E-state index in [1.54, 1.807) is 23.0 Å². The molecule has 0 radical (unpaired) electrons. The number of furan rings is 1. The quantitative estimate of drug-likeness (QED) is 0.627. The molecule has 0 aliphatic carbocycles. The minimum Gasteiger partial charge on any atom is -0.459 e. The van der Waals surface area contributed by atoms with Gasteiger partial charge in [-0.1, -0.05) is 35.5 Å². The number of hydrogen-bond donors (Lipinski definition) is 2. The van der Waals surface area contributed by atoms with Crippen molar-refractivity contribution in [3.05, 3.63) is 71.9 Å². The van der Waals surface area contributed by atoms with Crippen LogP contribution in [0.15, 0.2) is 59.3 Å². The van der Waals surface area contributed by atoms with Crippen molar-refractivity contribution in [3.8, 4) is 0 Å². The molecule has 0 aliphatic rings. The first-order chi connectivity index (χ1) is 12.2. The summed E-state index contributed by atoms with van der Waals surface area (Å²) in [5, 5.41) is 13.1. The maximum Gasteiger partial charge on any atom is 0.287 e. The molecule has 0 spiro atoms. The minimum absolute atomic E-state index is 0.230. The van der Waals surface area contributed by atoms with Crippen molar-refractivity contribution in [1.82, 2.24) is 25.6 Å². The SMILES string of the molecule is O=C(NCCNC(=O)c1ccco1)c1cn(Cc2ccccc2)nn1. The predicted molar refractivity (Wildman–Crippen MR) is 88.9 cm³/mol. The van der Waals surface area contributed by atoms with Gasteiger partial charge in [0, 0.05) is 13.1 Å². The van der Waals surface area contributed by atoms with Crippen LogP contribution in [0.2, 0.25) is 0 Å². The van der Waals surface area contributed by atoms with Crippen LogP contribution in [0.3, 0.4) is 0 Å². The highest BCUT2D eigenvalue weighted by Crippen LogP contribution is 2.02. The molecule has 3 aromatic rings. The Balaban J connectivity index is 1.43. The van der Waals surface area contributed by atoms with E-state index < -0.39 is 0 Å². The molecule has 8 nitrogen and oxygen atoms in total. The lowest BCUT2D eigenvalue weighted by molar-refractivity contribution is 0.0909. The second kappa shape index (κ2) is 7.91. The number of benzene rings is 1. The van der Waals surface area contributed by atoms with Crippen molar-refractivity contribution in [1.29, 1.82) is 0 Å². The average Bonchev–Trinajstić information content (AvgIpc) is 3.31. The van der Waals surface area contributed by atoms with Crippen LogP contribution in [-0.4, -0.2) is 39.9 Å². The maximum atomic E-state index is 12.0. The van der Waals surface area contributed by atoms with Gasteiger partial charge in [0.05, 0.1) is 19.0 Å². The number of hydrogen-bond acceptors (Lipinski definition) is 5. The maximum absolute atomic E-state index is 12.0. The van der Waals surface area contributed by atoms with Crippen LogP contribution in [0.5, 0.6) is 0 Å². The van der Waals surface area contributed by atoms with Crippen LogP contribution in [0, 0.1) is 0 Å². The molecule has 0 atom stereocenters. The van der Waals surface area contributed by atoms with Gasteiger partial charge in [0.1, 0.15) is 0 Å². The van der Waals surface area contributed by atoms with Crippen molar-refractivity contribution >= 4 is 11.8 Å². The lowest BCUT2D eigenvalue weighted by atomic mass is 10.2. The zero-order valence-corrected chi connectivity index (χ0v) is 13.4. The molecule has 2 aromatic heterocycles. The second-order valence-electron chi connectivity index (χ2n) is 5.28. The summed E-state index contributed by atoms with van der Waals surface area (Å²) in [6.45, 7) is 1.10. The first-order valence-electron chi connectivity index (χ1n) is 7.76. The van der Waals surface area contributed by atoms with Gasteiger partial charge in [0.25, 0.3) is 11.8 Å². The van der Waals surface area contributed by atoms with E-state index in [9.17, 15) is 9.59 Å². The molecule has 0 unspecified atom stereocenters. The fourth-order valence-electron chi connectivity index (χ4n) is 2.19. The summed E-state index contributed by atoms with van der Waals surface area (Å²) in [5.74, 6) is -0.435. The Morgan fingerprint density at radius 2 is 1.76 bits per heavy atom. The normalized spacial score (nSPS) is 10.4. The Morgan fingerprint density at radius 1 is 1.00 bits per heavy atom. The Kier molecular flexibility index (Phi) is 5.20. The summed E-state index contributed by atoms with van der Waals surface area (Å²) < 4.78 is 6.57. The summed E-state index contributed by atoms with van der Waals surface area (Å²) in [7, 11) is 0. The van der Waals surface area contributed by atoms with E-state index in [2.05, 4.69) is 20.9 Å². The summed E-state index contributed by atoms with van der Waals surface area (Å²) in [6, 6.07) is 13.0. The fourth-order valence-corrected chi connectivity index (χ4v) is 2.19. The number of amides is 2. The number of carbonyl (C=O) groups is 2. The molecule has 8 heteroatoms. The van der Waals surface area contributed by atoms with E-state index in [-0.39, 0.29) is 36.4 Å². The molecule has 2 N–H and O–H groups in total. The van der Waals surface area contributed by atoms with E-state index in [0.717, 1.165) is 5.56 Å². The zero-order valence-electron chi connectivity index (χ0n) is 13.4. The highest BCUT2D eigenvalue weighted by molar-refractivity contribution is 5.92. The third kappa shape index (κ3) is 4.54. The number of rotatable bonds is 7. The Bertz CT molecular complexity index is 827. The summed E-state index contributed by atoms with van der Waals surface area (Å²) >= 11 is 0. The number of nitrogens with one attached hydrogen (secondary N) is 2. The van der Waals surface area contributed by atoms with Crippen LogP contribution < -0.4 is 10.6 Å². The lowest BCUT2D eigenvalue weighted by Crippen LogP contribution is -2.34. The minimum atomic E-state index is -0.341. The standard InChI is InChI=1S/C17H17N5O3/c23-16(18-8-9-19-17(24)15-7-4-10-25-15)14-12-22(21-20-14)11-13-5-2-1-3-6-13/h1-7,10,12H,8-9,11H2,(H,18,23)(H,19,24). The first-order valence-corrected chi connectivity index (χ1v) is 7.76. The van der Waals surface area contributed by atoms with Gasteiger partial charge in [0.15, 0.2) is 11.5 Å². The Morgan fingerprint density at radius 3 is 2.48 bits per heavy atom. The largest absolute Gasteiger partial charge is 0.459 e. The van der Waals surface area contributed by atoms with Gasteiger partial charge >= 0.3 is 0 Å². The highest BCUT2D eigenvalue weighted by Gasteiger charge is 2.11. The van der Waals surface area contributed by atoms with Crippen molar-refractivity contribution in [2.75, 3.05) is 13.1 Å². The zero-order chi connectivity index (χ0) is 17.5. The average molecular weight is 339 g/mol. The van der Waals surface area contributed by atoms with Gasteiger partial charge in [-0.3, -0.25) is 9.59 Å². The molecule has 25 heavy (non-hydrogen) atoms. The van der Waals surface area contributed by atoms with Gasteiger partial charge in [-0.25, -0.2) is 4.68 Å². The van der Waals surface area contributed by atoms with E-state index in [1.165, 1.54) is 6.26 Å². The summed E-state index contributed by atoms with van der Waals surface area (Å²) in [6.07, 6.45) is 3.01. The van der Waals surface area contributed by atoms with Crippen molar-refractivity contribution in [3.63, 3.8) is 0 Å². The molecule has 0 bridgehead atoms. The molecule has 0 saturated heterocycles. The smallest absolute Gasteiger partial charge is 0.287 e. The molecular formula is C17H17N5O3. The van der Waals surface area contributed by atoms with Crippen molar-refractivity contribution < 1.29 is 14.0 Å². The fraction of sp³-hybridized carbons (Fsp3) is 0.176. The van der Waals surface area contributed by atoms with Crippen molar-refractivity contribution in [2.45, 2.75) is 6.54 Å². The summed E-state index contributed by atoms with van der Waals surface area (Å²) in [4.78, 5) is 23.7. The monoisotopic (exact) mass is 339 g/mol. The van der Waals surface area contributed by atoms with E-state index >= 15 is 0 Å². The van der Waals surface area contributed by atoms with Crippen LogP contribution in [0.4, 0.5) is 0 Å². The molecule has 2 heterocycles. The van der Waals surface area contributed by atoms with Crippen molar-refractivity contribution in [2.24, 2.45) is 0 Å². The van der Waals surface area contributed by atoms with Gasteiger partial charge in [-0.2, -0.15) is 0 Å². The van der Waals surface area contributed by atoms with Crippen LogP contribution in [0.25, 0.3) is 0 Å². The van der Waals surface area contributed by atoms with Gasteiger partial charge < -0.3 is 15.1 Å². The van der Waals surface area contributed by atoms with E-state index in [0.29, 0.717) is 6.54 Å². The second-order valence-corrected chi connectivity index (χ2v) is 5.28. The number of aromatic nitrogens is 3. The van der Waals surface area contributed by atoms with E-state index in [4.69, 9.17) is 4.42 Å². The van der Waals surface area contributed by atoms with Crippen LogP contribution >= 0.6 is 0 Å². The number of nitrogens with zero attached hydrogens (tertiary/aromatic N) is 3. The molecule has 1 aromatic carbocycles. The first kappa shape index (κ1) is 16.4. The Labute approximate surface area is 143 Å². The third-order valence-corrected chi connectivity index (χ3v) is 3.40. The molecule has 2 amide bonds. The molecule has 0 fully saturated rings. The Hall–Kier alpha value is -3.42. The summed E-state index contributed by atoms with van der Waals surface area (Å²) in [5.41, 5.74) is 1.30. The number of carbonyl (C=O) groups excluding carboxylic acids is 2. The molecule has 3 rings (SSSR count).